The highest BCUT2D eigenvalue weighted by Gasteiger charge is 2.28. The van der Waals surface area contributed by atoms with Crippen LogP contribution in [0.2, 0.25) is 0 Å². The zero-order valence-corrected chi connectivity index (χ0v) is 16.7. The normalized spacial score (nSPS) is 14.4. The molecule has 150 valence electrons. The van der Waals surface area contributed by atoms with Gasteiger partial charge in [-0.2, -0.15) is 0 Å². The minimum Gasteiger partial charge on any atom is -0.454 e. The van der Waals surface area contributed by atoms with Gasteiger partial charge in [-0.25, -0.2) is 0 Å². The van der Waals surface area contributed by atoms with Gasteiger partial charge in [0.15, 0.2) is 11.5 Å². The summed E-state index contributed by atoms with van der Waals surface area (Å²) >= 11 is 1.40. The molecule has 4 rings (SSSR count). The Hall–Kier alpha value is -3.20. The lowest BCUT2D eigenvalue weighted by atomic mass is 10.1. The molecule has 1 N–H and O–H groups in total. The average molecular weight is 413 g/mol. The van der Waals surface area contributed by atoms with Gasteiger partial charge in [0.2, 0.25) is 18.6 Å². The van der Waals surface area contributed by atoms with Crippen LogP contribution in [0.25, 0.3) is 0 Å². The molecule has 0 fully saturated rings. The molecule has 2 heterocycles. The topological polar surface area (TPSA) is 88.2 Å². The summed E-state index contributed by atoms with van der Waals surface area (Å²) in [4.78, 5) is 41.1. The second-order valence-electron chi connectivity index (χ2n) is 6.77. The van der Waals surface area contributed by atoms with E-state index in [-0.39, 0.29) is 36.8 Å². The quantitative estimate of drug-likeness (QED) is 0.827. The summed E-state index contributed by atoms with van der Waals surface area (Å²) in [5, 5.41) is 2.78. The summed E-state index contributed by atoms with van der Waals surface area (Å²) in [5.74, 6) is 0.729. The molecule has 3 amide bonds. The third kappa shape index (κ3) is 3.86. The molecule has 2 aliphatic heterocycles. The molecule has 29 heavy (non-hydrogen) atoms. The third-order valence-electron chi connectivity index (χ3n) is 4.51. The number of carbonyl (C=O) groups is 3. The number of carbonyl (C=O) groups excluding carboxylic acids is 3. The van der Waals surface area contributed by atoms with Crippen LogP contribution in [-0.4, -0.2) is 55.8 Å². The van der Waals surface area contributed by atoms with Gasteiger partial charge < -0.3 is 24.6 Å². The number of nitrogens with zero attached hydrogens (tertiary/aromatic N) is 2. The Morgan fingerprint density at radius 1 is 1.14 bits per heavy atom. The van der Waals surface area contributed by atoms with Crippen LogP contribution >= 0.6 is 11.8 Å². The van der Waals surface area contributed by atoms with Crippen LogP contribution in [0.5, 0.6) is 11.5 Å². The zero-order chi connectivity index (χ0) is 20.5. The van der Waals surface area contributed by atoms with Crippen LogP contribution in [0.1, 0.15) is 10.4 Å². The van der Waals surface area contributed by atoms with Gasteiger partial charge in [0.1, 0.15) is 6.54 Å². The molecule has 2 aliphatic rings. The van der Waals surface area contributed by atoms with Gasteiger partial charge in [-0.3, -0.25) is 14.4 Å². The maximum absolute atomic E-state index is 12.6. The molecule has 0 atom stereocenters. The van der Waals surface area contributed by atoms with Gasteiger partial charge in [0, 0.05) is 36.3 Å². The van der Waals surface area contributed by atoms with E-state index in [0.717, 1.165) is 4.90 Å². The monoisotopic (exact) mass is 413 g/mol. The molecule has 0 aliphatic carbocycles. The number of nitrogens with one attached hydrogen (secondary N) is 1. The third-order valence-corrected chi connectivity index (χ3v) is 5.56. The number of rotatable bonds is 4. The molecule has 0 saturated heterocycles. The summed E-state index contributed by atoms with van der Waals surface area (Å²) < 4.78 is 10.6. The molecule has 0 unspecified atom stereocenters. The first-order valence-electron chi connectivity index (χ1n) is 8.91. The Morgan fingerprint density at radius 3 is 2.72 bits per heavy atom. The number of anilines is 2. The summed E-state index contributed by atoms with van der Waals surface area (Å²) in [7, 11) is 3.33. The highest BCUT2D eigenvalue weighted by atomic mass is 32.2. The van der Waals surface area contributed by atoms with Crippen molar-refractivity contribution in [1.29, 1.82) is 0 Å². The largest absolute Gasteiger partial charge is 0.454 e. The van der Waals surface area contributed by atoms with Gasteiger partial charge in [0.25, 0.3) is 5.91 Å². The first kappa shape index (κ1) is 19.1. The van der Waals surface area contributed by atoms with E-state index in [4.69, 9.17) is 9.47 Å². The van der Waals surface area contributed by atoms with Crippen molar-refractivity contribution >= 4 is 40.9 Å². The summed E-state index contributed by atoms with van der Waals surface area (Å²) in [6.07, 6.45) is 0. The highest BCUT2D eigenvalue weighted by molar-refractivity contribution is 8.00. The minimum atomic E-state index is -0.348. The number of thioether (sulfide) groups is 1. The van der Waals surface area contributed by atoms with Gasteiger partial charge >= 0.3 is 0 Å². The molecule has 0 aromatic heterocycles. The summed E-state index contributed by atoms with van der Waals surface area (Å²) in [5.41, 5.74) is 1.58. The standard InChI is InChI=1S/C20H19N3O5S/c1-22(2)20(26)12-3-6-17-14(7-12)23(19(25)10-29-17)9-18(24)21-13-4-5-15-16(8-13)28-11-27-15/h3-8H,9-11H2,1-2H3,(H,21,24). The fourth-order valence-electron chi connectivity index (χ4n) is 3.09. The maximum atomic E-state index is 12.6. The van der Waals surface area contributed by atoms with Crippen LogP contribution in [0, 0.1) is 0 Å². The zero-order valence-electron chi connectivity index (χ0n) is 15.9. The lowest BCUT2D eigenvalue weighted by molar-refractivity contribution is -0.120. The number of benzene rings is 2. The van der Waals surface area contributed by atoms with E-state index in [1.807, 2.05) is 6.07 Å². The fraction of sp³-hybridized carbons (Fsp3) is 0.250. The number of fused-ring (bicyclic) bond motifs is 2. The van der Waals surface area contributed by atoms with E-state index in [9.17, 15) is 14.4 Å². The van der Waals surface area contributed by atoms with Crippen molar-refractivity contribution in [3.63, 3.8) is 0 Å². The molecule has 9 heteroatoms. The number of hydrogen-bond donors (Lipinski definition) is 1. The van der Waals surface area contributed by atoms with Crippen LogP contribution < -0.4 is 19.7 Å². The molecular weight excluding hydrogens is 394 g/mol. The fourth-order valence-corrected chi connectivity index (χ4v) is 4.00. The molecular formula is C20H19N3O5S. The van der Waals surface area contributed by atoms with E-state index in [2.05, 4.69) is 5.32 Å². The van der Waals surface area contributed by atoms with E-state index in [1.165, 1.54) is 21.6 Å². The number of hydrogen-bond acceptors (Lipinski definition) is 6. The Bertz CT molecular complexity index is 1010. The lowest BCUT2D eigenvalue weighted by Crippen LogP contribution is -2.41. The van der Waals surface area contributed by atoms with Gasteiger partial charge in [-0.1, -0.05) is 0 Å². The molecule has 8 nitrogen and oxygen atoms in total. The average Bonchev–Trinajstić information content (AvgIpc) is 3.17. The first-order chi connectivity index (χ1) is 13.9. The van der Waals surface area contributed by atoms with E-state index in [1.54, 1.807) is 44.4 Å². The second-order valence-corrected chi connectivity index (χ2v) is 7.78. The molecule has 0 radical (unpaired) electrons. The Labute approximate surface area is 171 Å². The summed E-state index contributed by atoms with van der Waals surface area (Å²) in [6.45, 7) is -0.00207. The first-order valence-corrected chi connectivity index (χ1v) is 9.89. The van der Waals surface area contributed by atoms with Gasteiger partial charge in [-0.05, 0) is 30.3 Å². The van der Waals surface area contributed by atoms with E-state index >= 15 is 0 Å². The number of ether oxygens (including phenoxy) is 2. The SMILES string of the molecule is CN(C)C(=O)c1ccc2c(c1)N(CC(=O)Nc1ccc3c(c1)OCO3)C(=O)CS2. The molecule has 2 aromatic rings. The van der Waals surface area contributed by atoms with Gasteiger partial charge in [0.05, 0.1) is 11.4 Å². The van der Waals surface area contributed by atoms with Crippen molar-refractivity contribution < 1.29 is 23.9 Å². The van der Waals surface area contributed by atoms with Crippen LogP contribution in [0.15, 0.2) is 41.3 Å². The predicted octanol–water partition coefficient (Wildman–Crippen LogP) is 2.19. The van der Waals surface area contributed by atoms with Crippen LogP contribution in [-0.2, 0) is 9.59 Å². The molecule has 0 spiro atoms. The highest BCUT2D eigenvalue weighted by Crippen LogP contribution is 2.37. The van der Waals surface area contributed by atoms with E-state index in [0.29, 0.717) is 28.4 Å². The Balaban J connectivity index is 1.54. The minimum absolute atomic E-state index is 0.150. The molecule has 2 aromatic carbocycles. The van der Waals surface area contributed by atoms with Crippen molar-refractivity contribution in [2.24, 2.45) is 0 Å². The van der Waals surface area contributed by atoms with Crippen molar-refractivity contribution in [3.8, 4) is 11.5 Å². The smallest absolute Gasteiger partial charge is 0.253 e. The lowest BCUT2D eigenvalue weighted by Gasteiger charge is -2.29. The van der Waals surface area contributed by atoms with Crippen molar-refractivity contribution in [3.05, 3.63) is 42.0 Å². The van der Waals surface area contributed by atoms with Crippen LogP contribution in [0.4, 0.5) is 11.4 Å². The van der Waals surface area contributed by atoms with Crippen LogP contribution in [0.3, 0.4) is 0 Å². The molecule has 0 bridgehead atoms. The van der Waals surface area contributed by atoms with Crippen molar-refractivity contribution in [2.75, 3.05) is 43.4 Å². The molecule has 0 saturated carbocycles. The summed E-state index contributed by atoms with van der Waals surface area (Å²) in [6, 6.07) is 10.3. The Morgan fingerprint density at radius 2 is 1.93 bits per heavy atom. The van der Waals surface area contributed by atoms with Crippen molar-refractivity contribution in [2.45, 2.75) is 4.90 Å². The van der Waals surface area contributed by atoms with Gasteiger partial charge in [-0.15, -0.1) is 11.8 Å². The second kappa shape index (κ2) is 7.67. The maximum Gasteiger partial charge on any atom is 0.253 e. The van der Waals surface area contributed by atoms with E-state index < -0.39 is 0 Å². The Kier molecular flexibility index (Phi) is 5.06. The van der Waals surface area contributed by atoms with Crippen molar-refractivity contribution in [1.82, 2.24) is 4.90 Å². The number of amides is 3. The predicted molar refractivity (Wildman–Crippen MR) is 109 cm³/mol.